The van der Waals surface area contributed by atoms with Crippen LogP contribution in [0.3, 0.4) is 0 Å². The van der Waals surface area contributed by atoms with Gasteiger partial charge in [-0.2, -0.15) is 0 Å². The Morgan fingerprint density at radius 3 is 2.90 bits per heavy atom. The van der Waals surface area contributed by atoms with Gasteiger partial charge in [0, 0.05) is 24.1 Å². The minimum Gasteiger partial charge on any atom is -0.496 e. The molecule has 1 N–H and O–H groups in total. The fourth-order valence-electron chi connectivity index (χ4n) is 2.53. The van der Waals surface area contributed by atoms with E-state index in [2.05, 4.69) is 44.3 Å². The highest BCUT2D eigenvalue weighted by molar-refractivity contribution is 5.64. The molecule has 1 heterocycles. The molecule has 0 radical (unpaired) electrons. The zero-order valence-corrected chi connectivity index (χ0v) is 13.0. The summed E-state index contributed by atoms with van der Waals surface area (Å²) in [5.41, 5.74) is 3.72. The van der Waals surface area contributed by atoms with E-state index >= 15 is 0 Å². The lowest BCUT2D eigenvalue weighted by Gasteiger charge is -2.11. The highest BCUT2D eigenvalue weighted by Gasteiger charge is 2.21. The van der Waals surface area contributed by atoms with Gasteiger partial charge in [0.2, 0.25) is 0 Å². The van der Waals surface area contributed by atoms with Gasteiger partial charge in [0.1, 0.15) is 17.6 Å². The molecule has 1 aliphatic rings. The standard InChI is InChI=1S/C17H25NO2/c1-5-13(11-18-6-2)8-15-10-17-14(7-12(3)20-17)9-16(15)19-4/h8-10,12,18H,5-7,11H2,1-4H3/b13-8+. The van der Waals surface area contributed by atoms with Crippen LogP contribution < -0.4 is 14.8 Å². The van der Waals surface area contributed by atoms with Gasteiger partial charge >= 0.3 is 0 Å². The Balaban J connectivity index is 2.31. The first-order valence-electron chi connectivity index (χ1n) is 7.45. The third kappa shape index (κ3) is 3.34. The fourth-order valence-corrected chi connectivity index (χ4v) is 2.53. The van der Waals surface area contributed by atoms with Crippen LogP contribution in [0.15, 0.2) is 17.7 Å². The Morgan fingerprint density at radius 2 is 2.25 bits per heavy atom. The van der Waals surface area contributed by atoms with E-state index in [0.717, 1.165) is 43.0 Å². The van der Waals surface area contributed by atoms with Gasteiger partial charge in [0.05, 0.1) is 7.11 Å². The molecule has 3 heteroatoms. The maximum absolute atomic E-state index is 5.84. The van der Waals surface area contributed by atoms with Crippen LogP contribution in [-0.2, 0) is 6.42 Å². The number of hydrogen-bond donors (Lipinski definition) is 1. The van der Waals surface area contributed by atoms with Crippen molar-refractivity contribution in [3.63, 3.8) is 0 Å². The largest absolute Gasteiger partial charge is 0.496 e. The second kappa shape index (κ2) is 6.80. The topological polar surface area (TPSA) is 30.5 Å². The number of methoxy groups -OCH3 is 1. The molecule has 1 aliphatic heterocycles. The van der Waals surface area contributed by atoms with Crippen molar-refractivity contribution in [2.45, 2.75) is 39.7 Å². The van der Waals surface area contributed by atoms with Crippen LogP contribution in [0, 0.1) is 0 Å². The lowest BCUT2D eigenvalue weighted by Crippen LogP contribution is -2.15. The quantitative estimate of drug-likeness (QED) is 0.863. The van der Waals surface area contributed by atoms with E-state index in [1.165, 1.54) is 11.1 Å². The third-order valence-corrected chi connectivity index (χ3v) is 3.66. The van der Waals surface area contributed by atoms with Crippen molar-refractivity contribution in [1.29, 1.82) is 0 Å². The van der Waals surface area contributed by atoms with Gasteiger partial charge in [-0.1, -0.05) is 25.5 Å². The van der Waals surface area contributed by atoms with E-state index in [1.54, 1.807) is 7.11 Å². The first-order chi connectivity index (χ1) is 9.67. The van der Waals surface area contributed by atoms with Crippen molar-refractivity contribution in [1.82, 2.24) is 5.32 Å². The number of ether oxygens (including phenoxy) is 2. The maximum atomic E-state index is 5.84. The van der Waals surface area contributed by atoms with E-state index in [9.17, 15) is 0 Å². The van der Waals surface area contributed by atoms with Crippen molar-refractivity contribution >= 4 is 6.08 Å². The average molecular weight is 275 g/mol. The SMILES string of the molecule is CCNC/C(=C/c1cc2c(cc1OC)CC(C)O2)CC. The van der Waals surface area contributed by atoms with Crippen LogP contribution in [-0.4, -0.2) is 26.3 Å². The molecular weight excluding hydrogens is 250 g/mol. The molecule has 1 aromatic rings. The first-order valence-corrected chi connectivity index (χ1v) is 7.45. The van der Waals surface area contributed by atoms with Crippen molar-refractivity contribution in [2.24, 2.45) is 0 Å². The summed E-state index contributed by atoms with van der Waals surface area (Å²) in [7, 11) is 1.73. The van der Waals surface area contributed by atoms with Crippen molar-refractivity contribution in [2.75, 3.05) is 20.2 Å². The molecule has 0 fully saturated rings. The Labute approximate surface area is 122 Å². The monoisotopic (exact) mass is 275 g/mol. The highest BCUT2D eigenvalue weighted by Crippen LogP contribution is 2.36. The molecule has 1 atom stereocenters. The summed E-state index contributed by atoms with van der Waals surface area (Å²) in [6.45, 7) is 8.31. The number of likely N-dealkylation sites (N-methyl/N-ethyl adjacent to an activating group) is 1. The zero-order valence-electron chi connectivity index (χ0n) is 13.0. The molecule has 0 saturated carbocycles. The number of rotatable bonds is 6. The molecule has 3 nitrogen and oxygen atoms in total. The number of fused-ring (bicyclic) bond motifs is 1. The average Bonchev–Trinajstić information content (AvgIpc) is 2.81. The molecular formula is C17H25NO2. The Hall–Kier alpha value is -1.48. The Kier molecular flexibility index (Phi) is 5.07. The molecule has 0 aliphatic carbocycles. The van der Waals surface area contributed by atoms with Crippen LogP contribution in [0.25, 0.3) is 6.08 Å². The summed E-state index contributed by atoms with van der Waals surface area (Å²) in [6, 6.07) is 4.23. The summed E-state index contributed by atoms with van der Waals surface area (Å²) >= 11 is 0. The molecule has 0 saturated heterocycles. The van der Waals surface area contributed by atoms with E-state index in [-0.39, 0.29) is 6.10 Å². The molecule has 0 spiro atoms. The van der Waals surface area contributed by atoms with E-state index in [1.807, 2.05) is 0 Å². The number of hydrogen-bond acceptors (Lipinski definition) is 3. The van der Waals surface area contributed by atoms with E-state index < -0.39 is 0 Å². The van der Waals surface area contributed by atoms with Gasteiger partial charge in [0.25, 0.3) is 0 Å². The van der Waals surface area contributed by atoms with Crippen molar-refractivity contribution < 1.29 is 9.47 Å². The lowest BCUT2D eigenvalue weighted by atomic mass is 10.0. The molecule has 1 aromatic carbocycles. The minimum absolute atomic E-state index is 0.265. The van der Waals surface area contributed by atoms with Gasteiger partial charge in [-0.15, -0.1) is 0 Å². The van der Waals surface area contributed by atoms with Crippen LogP contribution in [0.2, 0.25) is 0 Å². The molecule has 20 heavy (non-hydrogen) atoms. The molecule has 2 rings (SSSR count). The number of nitrogens with one attached hydrogen (secondary N) is 1. The van der Waals surface area contributed by atoms with Crippen LogP contribution in [0.1, 0.15) is 38.3 Å². The van der Waals surface area contributed by atoms with E-state index in [4.69, 9.17) is 9.47 Å². The summed E-state index contributed by atoms with van der Waals surface area (Å²) in [5, 5.41) is 3.38. The molecule has 1 unspecified atom stereocenters. The van der Waals surface area contributed by atoms with Crippen LogP contribution in [0.5, 0.6) is 11.5 Å². The summed E-state index contributed by atoms with van der Waals surface area (Å²) < 4.78 is 11.4. The van der Waals surface area contributed by atoms with Gasteiger partial charge in [-0.25, -0.2) is 0 Å². The normalized spacial score (nSPS) is 17.8. The van der Waals surface area contributed by atoms with Crippen LogP contribution in [0.4, 0.5) is 0 Å². The smallest absolute Gasteiger partial charge is 0.126 e. The zero-order chi connectivity index (χ0) is 14.5. The maximum Gasteiger partial charge on any atom is 0.126 e. The van der Waals surface area contributed by atoms with Crippen molar-refractivity contribution in [3.8, 4) is 11.5 Å². The molecule has 0 amide bonds. The Morgan fingerprint density at radius 1 is 1.45 bits per heavy atom. The second-order valence-electron chi connectivity index (χ2n) is 5.27. The van der Waals surface area contributed by atoms with Gasteiger partial charge in [0.15, 0.2) is 0 Å². The minimum atomic E-state index is 0.265. The second-order valence-corrected chi connectivity index (χ2v) is 5.27. The van der Waals surface area contributed by atoms with Gasteiger partial charge in [-0.3, -0.25) is 0 Å². The highest BCUT2D eigenvalue weighted by atomic mass is 16.5. The number of benzene rings is 1. The summed E-state index contributed by atoms with van der Waals surface area (Å²) in [4.78, 5) is 0. The van der Waals surface area contributed by atoms with E-state index in [0.29, 0.717) is 0 Å². The summed E-state index contributed by atoms with van der Waals surface area (Å²) in [6.07, 6.45) is 4.48. The molecule has 110 valence electrons. The van der Waals surface area contributed by atoms with Crippen LogP contribution >= 0.6 is 0 Å². The summed E-state index contributed by atoms with van der Waals surface area (Å²) in [5.74, 6) is 1.94. The first kappa shape index (κ1) is 14.9. The molecule has 0 bridgehead atoms. The lowest BCUT2D eigenvalue weighted by molar-refractivity contribution is 0.254. The van der Waals surface area contributed by atoms with Gasteiger partial charge < -0.3 is 14.8 Å². The predicted molar refractivity (Wildman–Crippen MR) is 83.6 cm³/mol. The predicted octanol–water partition coefficient (Wildman–Crippen LogP) is 3.42. The van der Waals surface area contributed by atoms with Crippen molar-refractivity contribution in [3.05, 3.63) is 28.8 Å². The third-order valence-electron chi connectivity index (χ3n) is 3.66. The van der Waals surface area contributed by atoms with Gasteiger partial charge in [-0.05, 0) is 32.0 Å². The Bertz CT molecular complexity index is 494. The fraction of sp³-hybridized carbons (Fsp3) is 0.529. The molecule has 0 aromatic heterocycles.